The minimum Gasteiger partial charge on any atom is -0.480 e. The van der Waals surface area contributed by atoms with Gasteiger partial charge in [0.1, 0.15) is 24.2 Å². The molecule has 0 bridgehead atoms. The minimum absolute atomic E-state index is 0.112. The Morgan fingerprint density at radius 3 is 1.69 bits per heavy atom. The minimum atomic E-state index is -1.01. The molecular weight excluding hydrogens is 520 g/mol. The number of carboxylic acid groups (broad SMARTS) is 4. The summed E-state index contributed by atoms with van der Waals surface area (Å²) in [6.45, 7) is 2.50. The van der Waals surface area contributed by atoms with Crippen LogP contribution in [-0.4, -0.2) is 97.5 Å². The molecule has 1 heterocycles. The highest BCUT2D eigenvalue weighted by molar-refractivity contribution is 5.74. The summed E-state index contributed by atoms with van der Waals surface area (Å²) >= 11 is 0. The van der Waals surface area contributed by atoms with Gasteiger partial charge in [-0.1, -0.05) is 6.42 Å². The van der Waals surface area contributed by atoms with Gasteiger partial charge in [0, 0.05) is 19.2 Å². The molecule has 19 N–H and O–H groups in total. The first-order chi connectivity index (χ1) is 18.1. The van der Waals surface area contributed by atoms with E-state index in [9.17, 15) is 19.2 Å². The van der Waals surface area contributed by atoms with Gasteiger partial charge in [-0.25, -0.2) is 4.98 Å². The highest BCUT2D eigenvalue weighted by Crippen LogP contribution is 1.97. The number of hydrogen-bond acceptors (Lipinski definition) is 11. The highest BCUT2D eigenvalue weighted by Gasteiger charge is 2.12. The standard InChI is InChI=1S/C6H14N4O2.C6H9N3O2.C6H14N2O2.C3H7NO2/c7-4(5(11)12)2-1-3-10-6(8)9;7-5(6(10)11)1-4-2-8-3-9-4;7-4-2-1-3-5(8)6(9)10;1-2(4)3(5)6/h4H,1-3,7H2,(H,11,12)(H4,8,9,10);2-3,5H,1,7H2,(H,8,9)(H,10,11);5H,1-4,7-8H2,(H,9,10);2H,4H2,1H3,(H,5,6). The third-order valence-electron chi connectivity index (χ3n) is 4.30. The van der Waals surface area contributed by atoms with E-state index < -0.39 is 48.0 Å². The fourth-order valence-corrected chi connectivity index (χ4v) is 2.02. The third-order valence-corrected chi connectivity index (χ3v) is 4.30. The summed E-state index contributed by atoms with van der Waals surface area (Å²) in [4.78, 5) is 46.7. The molecule has 39 heavy (non-hydrogen) atoms. The van der Waals surface area contributed by atoms with E-state index in [1.165, 1.54) is 13.3 Å². The third kappa shape index (κ3) is 28.6. The molecule has 226 valence electrons. The number of guanidine groups is 1. The number of aromatic amines is 1. The predicted molar refractivity (Wildman–Crippen MR) is 142 cm³/mol. The van der Waals surface area contributed by atoms with Crippen LogP contribution in [0.2, 0.25) is 0 Å². The molecule has 0 aromatic carbocycles. The van der Waals surface area contributed by atoms with Crippen molar-refractivity contribution < 1.29 is 39.6 Å². The van der Waals surface area contributed by atoms with Crippen LogP contribution in [0.25, 0.3) is 0 Å². The summed E-state index contributed by atoms with van der Waals surface area (Å²) in [6, 6.07) is -3.13. The first-order valence-corrected chi connectivity index (χ1v) is 11.8. The topological polar surface area (TPSA) is 370 Å². The van der Waals surface area contributed by atoms with E-state index in [2.05, 4.69) is 15.3 Å². The first-order valence-electron chi connectivity index (χ1n) is 11.8. The molecule has 0 amide bonds. The summed E-state index contributed by atoms with van der Waals surface area (Å²) in [5.41, 5.74) is 31.4. The van der Waals surface area contributed by atoms with E-state index >= 15 is 0 Å². The van der Waals surface area contributed by atoms with Crippen LogP contribution in [-0.2, 0) is 25.6 Å². The fourth-order valence-electron chi connectivity index (χ4n) is 2.02. The second-order valence-electron chi connectivity index (χ2n) is 7.99. The average molecular weight is 565 g/mol. The maximum absolute atomic E-state index is 10.3. The van der Waals surface area contributed by atoms with Crippen molar-refractivity contribution >= 4 is 29.8 Å². The normalized spacial score (nSPS) is 12.8. The van der Waals surface area contributed by atoms with Gasteiger partial charge in [-0.2, -0.15) is 0 Å². The van der Waals surface area contributed by atoms with Gasteiger partial charge >= 0.3 is 23.9 Å². The zero-order valence-corrected chi connectivity index (χ0v) is 22.0. The van der Waals surface area contributed by atoms with Crippen LogP contribution in [0.15, 0.2) is 12.5 Å². The summed E-state index contributed by atoms with van der Waals surface area (Å²) in [5, 5.41) is 42.3. The molecule has 0 saturated heterocycles. The van der Waals surface area contributed by atoms with Crippen molar-refractivity contribution in [3.63, 3.8) is 0 Å². The lowest BCUT2D eigenvalue weighted by Crippen LogP contribution is -2.34. The SMILES string of the molecule is CC(N)C(=O)O.N=C(N)NCCCC(N)C(=O)O.NC(Cc1c[nH]cn1)C(=O)O.NCCCCC(N)C(=O)O. The molecule has 0 spiro atoms. The van der Waals surface area contributed by atoms with Gasteiger partial charge in [0.2, 0.25) is 0 Å². The number of nitrogens with zero attached hydrogens (tertiary/aromatic N) is 1. The van der Waals surface area contributed by atoms with E-state index in [0.717, 1.165) is 12.8 Å². The molecule has 1 aromatic rings. The lowest BCUT2D eigenvalue weighted by atomic mass is 10.1. The summed E-state index contributed by atoms with van der Waals surface area (Å²) in [7, 11) is 0. The van der Waals surface area contributed by atoms with Gasteiger partial charge in [-0.05, 0) is 39.2 Å². The Morgan fingerprint density at radius 2 is 1.36 bits per heavy atom. The molecule has 4 atom stereocenters. The highest BCUT2D eigenvalue weighted by atomic mass is 16.4. The number of aromatic nitrogens is 2. The van der Waals surface area contributed by atoms with Crippen molar-refractivity contribution in [2.75, 3.05) is 13.1 Å². The Balaban J connectivity index is -0.000000454. The van der Waals surface area contributed by atoms with Crippen molar-refractivity contribution in [2.24, 2.45) is 34.4 Å². The van der Waals surface area contributed by atoms with Crippen LogP contribution >= 0.6 is 0 Å². The second kappa shape index (κ2) is 24.5. The van der Waals surface area contributed by atoms with Crippen molar-refractivity contribution in [1.82, 2.24) is 15.3 Å². The van der Waals surface area contributed by atoms with E-state index in [-0.39, 0.29) is 12.4 Å². The number of aliphatic carboxylic acids is 4. The maximum atomic E-state index is 10.3. The molecule has 18 nitrogen and oxygen atoms in total. The largest absolute Gasteiger partial charge is 0.480 e. The number of carboxylic acids is 4. The summed E-state index contributed by atoms with van der Waals surface area (Å²) < 4.78 is 0. The van der Waals surface area contributed by atoms with Gasteiger partial charge in [-0.15, -0.1) is 0 Å². The van der Waals surface area contributed by atoms with Crippen molar-refractivity contribution in [2.45, 2.75) is 69.6 Å². The number of hydrogen-bond donors (Lipinski definition) is 13. The van der Waals surface area contributed by atoms with Crippen molar-refractivity contribution in [3.05, 3.63) is 18.2 Å². The number of imidazole rings is 1. The Kier molecular flexibility index (Phi) is 24.9. The molecule has 0 saturated carbocycles. The van der Waals surface area contributed by atoms with E-state index in [4.69, 9.17) is 60.2 Å². The Hall–Kier alpha value is -3.84. The smallest absolute Gasteiger partial charge is 0.320 e. The Bertz CT molecular complexity index is 824. The maximum Gasteiger partial charge on any atom is 0.320 e. The van der Waals surface area contributed by atoms with Gasteiger partial charge in [0.15, 0.2) is 5.96 Å². The van der Waals surface area contributed by atoms with Crippen LogP contribution in [0.1, 0.15) is 44.7 Å². The number of nitrogens with one attached hydrogen (secondary N) is 3. The number of nitrogens with two attached hydrogens (primary N) is 6. The molecule has 0 aliphatic heterocycles. The quantitative estimate of drug-likeness (QED) is 0.0606. The summed E-state index contributed by atoms with van der Waals surface area (Å²) in [6.07, 6.45) is 6.52. The van der Waals surface area contributed by atoms with E-state index in [1.807, 2.05) is 0 Å². The summed E-state index contributed by atoms with van der Waals surface area (Å²) in [5.74, 6) is -4.02. The molecule has 0 aliphatic carbocycles. The van der Waals surface area contributed by atoms with E-state index in [1.54, 1.807) is 6.20 Å². The molecule has 1 aromatic heterocycles. The Morgan fingerprint density at radius 1 is 0.897 bits per heavy atom. The fraction of sp³-hybridized carbons (Fsp3) is 0.619. The van der Waals surface area contributed by atoms with Crippen LogP contribution in [0.4, 0.5) is 0 Å². The zero-order valence-electron chi connectivity index (χ0n) is 22.0. The van der Waals surface area contributed by atoms with Crippen LogP contribution in [0.3, 0.4) is 0 Å². The van der Waals surface area contributed by atoms with Gasteiger partial charge < -0.3 is 65.1 Å². The zero-order chi connectivity index (χ0) is 31.0. The number of carbonyl (C=O) groups is 4. The molecule has 0 aliphatic rings. The van der Waals surface area contributed by atoms with Crippen LogP contribution in [0, 0.1) is 5.41 Å². The number of H-pyrrole nitrogens is 1. The monoisotopic (exact) mass is 564 g/mol. The van der Waals surface area contributed by atoms with Crippen LogP contribution < -0.4 is 39.7 Å². The number of unbranched alkanes of at least 4 members (excludes halogenated alkanes) is 1. The van der Waals surface area contributed by atoms with Crippen molar-refractivity contribution in [3.8, 4) is 0 Å². The lowest BCUT2D eigenvalue weighted by Gasteiger charge is -2.06. The molecule has 0 fully saturated rings. The number of rotatable bonds is 14. The first kappa shape index (κ1) is 39.7. The van der Waals surface area contributed by atoms with Crippen LogP contribution in [0.5, 0.6) is 0 Å². The molecule has 4 unspecified atom stereocenters. The van der Waals surface area contributed by atoms with E-state index in [0.29, 0.717) is 38.0 Å². The average Bonchev–Trinajstić information content (AvgIpc) is 3.35. The molecule has 18 heteroatoms. The predicted octanol–water partition coefficient (Wildman–Crippen LogP) is -3.03. The Labute approximate surface area is 226 Å². The lowest BCUT2D eigenvalue weighted by molar-refractivity contribution is -0.139. The molecule has 0 radical (unpaired) electrons. The van der Waals surface area contributed by atoms with Crippen molar-refractivity contribution in [1.29, 1.82) is 5.41 Å². The molecular formula is C21H44N10O8. The molecule has 1 rings (SSSR count). The van der Waals surface area contributed by atoms with Gasteiger partial charge in [-0.3, -0.25) is 24.6 Å². The second-order valence-corrected chi connectivity index (χ2v) is 7.99. The van der Waals surface area contributed by atoms with Gasteiger partial charge in [0.05, 0.1) is 12.0 Å². The van der Waals surface area contributed by atoms with Gasteiger partial charge in [0.25, 0.3) is 0 Å².